The van der Waals surface area contributed by atoms with E-state index in [-0.39, 0.29) is 5.97 Å². The van der Waals surface area contributed by atoms with Crippen molar-refractivity contribution in [1.29, 1.82) is 0 Å². The van der Waals surface area contributed by atoms with E-state index in [1.165, 1.54) is 0 Å². The lowest BCUT2D eigenvalue weighted by molar-refractivity contribution is -0.143. The maximum Gasteiger partial charge on any atom is 0.305 e. The van der Waals surface area contributed by atoms with Gasteiger partial charge in [-0.25, -0.2) is 4.98 Å². The molecule has 2 heterocycles. The summed E-state index contributed by atoms with van der Waals surface area (Å²) in [6, 6.07) is 0.439. The van der Waals surface area contributed by atoms with Gasteiger partial charge in [0.1, 0.15) is 0 Å². The summed E-state index contributed by atoms with van der Waals surface area (Å²) in [5, 5.41) is 3.47. The van der Waals surface area contributed by atoms with Crippen LogP contribution in [-0.2, 0) is 9.53 Å². The number of piperidine rings is 1. The van der Waals surface area contributed by atoms with Crippen molar-refractivity contribution >= 4 is 11.9 Å². The molecule has 2 unspecified atom stereocenters. The molecule has 2 rings (SSSR count). The smallest absolute Gasteiger partial charge is 0.305 e. The zero-order chi connectivity index (χ0) is 20.9. The molecule has 1 fully saturated rings. The Morgan fingerprint density at radius 3 is 2.76 bits per heavy atom. The molecule has 1 N–H and O–H groups in total. The van der Waals surface area contributed by atoms with Crippen molar-refractivity contribution in [3.8, 4) is 0 Å². The van der Waals surface area contributed by atoms with E-state index in [9.17, 15) is 4.79 Å². The molecular weight excluding hydrogens is 366 g/mol. The minimum Gasteiger partial charge on any atom is -0.466 e. The van der Waals surface area contributed by atoms with Gasteiger partial charge in [0, 0.05) is 45.0 Å². The van der Waals surface area contributed by atoms with Crippen molar-refractivity contribution in [1.82, 2.24) is 19.8 Å². The topological polar surface area (TPSA) is 71.8 Å². The maximum atomic E-state index is 11.3. The van der Waals surface area contributed by atoms with Gasteiger partial charge in [0.15, 0.2) is 5.96 Å². The molecule has 1 aromatic rings. The number of guanidine groups is 1. The van der Waals surface area contributed by atoms with E-state index < -0.39 is 0 Å². The van der Waals surface area contributed by atoms with Gasteiger partial charge >= 0.3 is 5.97 Å². The van der Waals surface area contributed by atoms with Gasteiger partial charge in [-0.3, -0.25) is 9.79 Å². The van der Waals surface area contributed by atoms with E-state index in [0.29, 0.717) is 25.0 Å². The highest BCUT2D eigenvalue weighted by Gasteiger charge is 2.28. The largest absolute Gasteiger partial charge is 0.466 e. The Morgan fingerprint density at radius 1 is 1.24 bits per heavy atom. The molecule has 164 valence electrons. The van der Waals surface area contributed by atoms with E-state index >= 15 is 0 Å². The van der Waals surface area contributed by atoms with Gasteiger partial charge in [0.25, 0.3) is 0 Å². The first-order valence-corrected chi connectivity index (χ1v) is 11.3. The van der Waals surface area contributed by atoms with Crippen LogP contribution in [0.15, 0.2) is 23.7 Å². The zero-order valence-electron chi connectivity index (χ0n) is 18.5. The predicted octanol–water partition coefficient (Wildman–Crippen LogP) is 3.64. The molecule has 0 radical (unpaired) electrons. The SMILES string of the molecule is CCNC(=NCCCCCCCC(=O)OCC)N1CCC(C)C(n2ccnc2)C1. The molecule has 29 heavy (non-hydrogen) atoms. The van der Waals surface area contributed by atoms with Gasteiger partial charge in [0.05, 0.1) is 19.0 Å². The molecular formula is C22H39N5O2. The number of nitrogens with zero attached hydrogens (tertiary/aromatic N) is 4. The number of nitrogens with one attached hydrogen (secondary N) is 1. The zero-order valence-corrected chi connectivity index (χ0v) is 18.5. The van der Waals surface area contributed by atoms with Gasteiger partial charge in [-0.2, -0.15) is 0 Å². The molecule has 2 atom stereocenters. The van der Waals surface area contributed by atoms with Crippen LogP contribution in [0.2, 0.25) is 0 Å². The number of unbranched alkanes of at least 4 members (excludes halogenated alkanes) is 4. The second-order valence-corrected chi connectivity index (χ2v) is 7.85. The summed E-state index contributed by atoms with van der Waals surface area (Å²) < 4.78 is 7.19. The lowest BCUT2D eigenvalue weighted by Crippen LogP contribution is -2.49. The van der Waals surface area contributed by atoms with E-state index in [1.807, 2.05) is 19.4 Å². The minimum absolute atomic E-state index is 0.0720. The second kappa shape index (κ2) is 13.2. The van der Waals surface area contributed by atoms with Gasteiger partial charge in [-0.1, -0.05) is 26.2 Å². The van der Waals surface area contributed by atoms with Gasteiger partial charge in [-0.05, 0) is 39.0 Å². The average Bonchev–Trinajstić information content (AvgIpc) is 3.24. The van der Waals surface area contributed by atoms with Crippen molar-refractivity contribution in [2.75, 3.05) is 32.8 Å². The number of hydrogen-bond donors (Lipinski definition) is 1. The molecule has 0 aliphatic carbocycles. The highest BCUT2D eigenvalue weighted by molar-refractivity contribution is 5.80. The molecule has 1 aromatic heterocycles. The Kier molecular flexibility index (Phi) is 10.6. The molecule has 0 spiro atoms. The molecule has 0 bridgehead atoms. The number of aromatic nitrogens is 2. The van der Waals surface area contributed by atoms with Crippen LogP contribution in [0, 0.1) is 5.92 Å². The Bertz CT molecular complexity index is 602. The summed E-state index contributed by atoms with van der Waals surface area (Å²) in [7, 11) is 0. The molecule has 1 aliphatic rings. The van der Waals surface area contributed by atoms with Crippen molar-refractivity contribution in [2.24, 2.45) is 10.9 Å². The standard InChI is InChI=1S/C22H39N5O2/c1-4-24-22(25-13-10-8-6-7-9-11-21(28)29-5-2)26-15-12-19(3)20(17-26)27-16-14-23-18-27/h14,16,18-20H,4-13,15,17H2,1-3H3,(H,24,25). The number of hydrogen-bond acceptors (Lipinski definition) is 4. The summed E-state index contributed by atoms with van der Waals surface area (Å²) in [5.74, 6) is 1.60. The van der Waals surface area contributed by atoms with E-state index in [0.717, 1.165) is 70.7 Å². The highest BCUT2D eigenvalue weighted by Crippen LogP contribution is 2.27. The number of carbonyl (C=O) groups is 1. The lowest BCUT2D eigenvalue weighted by atomic mass is 9.93. The quantitative estimate of drug-likeness (QED) is 0.263. The molecule has 0 saturated carbocycles. The highest BCUT2D eigenvalue weighted by atomic mass is 16.5. The van der Waals surface area contributed by atoms with Crippen LogP contribution in [0.4, 0.5) is 0 Å². The van der Waals surface area contributed by atoms with E-state index in [4.69, 9.17) is 9.73 Å². The third kappa shape index (κ3) is 8.07. The van der Waals surface area contributed by atoms with Crippen LogP contribution in [0.1, 0.15) is 71.8 Å². The fourth-order valence-corrected chi connectivity index (χ4v) is 3.85. The first-order valence-electron chi connectivity index (χ1n) is 11.3. The average molecular weight is 406 g/mol. The Balaban J connectivity index is 1.72. The van der Waals surface area contributed by atoms with Crippen LogP contribution in [0.25, 0.3) is 0 Å². The molecule has 0 amide bonds. The van der Waals surface area contributed by atoms with Crippen LogP contribution in [0.5, 0.6) is 0 Å². The normalized spacial score (nSPS) is 20.0. The molecule has 1 saturated heterocycles. The summed E-state index contributed by atoms with van der Waals surface area (Å²) in [5.41, 5.74) is 0. The van der Waals surface area contributed by atoms with E-state index in [2.05, 4.69) is 39.8 Å². The third-order valence-electron chi connectivity index (χ3n) is 5.57. The number of rotatable bonds is 11. The number of carbonyl (C=O) groups excluding carboxylic acids is 1. The van der Waals surface area contributed by atoms with Crippen LogP contribution < -0.4 is 5.32 Å². The lowest BCUT2D eigenvalue weighted by Gasteiger charge is -2.39. The van der Waals surface area contributed by atoms with E-state index in [1.54, 1.807) is 0 Å². The number of esters is 1. The summed E-state index contributed by atoms with van der Waals surface area (Å²) in [6.07, 6.45) is 13.0. The summed E-state index contributed by atoms with van der Waals surface area (Å²) in [4.78, 5) is 22.8. The van der Waals surface area contributed by atoms with Crippen LogP contribution >= 0.6 is 0 Å². The van der Waals surface area contributed by atoms with Crippen molar-refractivity contribution in [3.63, 3.8) is 0 Å². The molecule has 0 aromatic carbocycles. The fourth-order valence-electron chi connectivity index (χ4n) is 3.85. The summed E-state index contributed by atoms with van der Waals surface area (Å²) in [6.45, 7) is 10.5. The van der Waals surface area contributed by atoms with Gasteiger partial charge in [0.2, 0.25) is 0 Å². The Labute approximate surface area is 175 Å². The Hall–Kier alpha value is -2.05. The van der Waals surface area contributed by atoms with Gasteiger partial charge in [-0.15, -0.1) is 0 Å². The van der Waals surface area contributed by atoms with Crippen LogP contribution in [0.3, 0.4) is 0 Å². The third-order valence-corrected chi connectivity index (χ3v) is 5.57. The predicted molar refractivity (Wildman–Crippen MR) is 117 cm³/mol. The van der Waals surface area contributed by atoms with Gasteiger partial charge < -0.3 is 19.5 Å². The van der Waals surface area contributed by atoms with Crippen molar-refractivity contribution < 1.29 is 9.53 Å². The minimum atomic E-state index is -0.0720. The maximum absolute atomic E-state index is 11.3. The Morgan fingerprint density at radius 2 is 2.03 bits per heavy atom. The van der Waals surface area contributed by atoms with Crippen molar-refractivity contribution in [2.45, 2.75) is 71.8 Å². The second-order valence-electron chi connectivity index (χ2n) is 7.85. The number of imidazole rings is 1. The van der Waals surface area contributed by atoms with Crippen molar-refractivity contribution in [3.05, 3.63) is 18.7 Å². The molecule has 7 heteroatoms. The monoisotopic (exact) mass is 405 g/mol. The first-order chi connectivity index (χ1) is 14.2. The number of aliphatic imine (C=N–C) groups is 1. The number of ether oxygens (including phenoxy) is 1. The van der Waals surface area contributed by atoms with Crippen LogP contribution in [-0.4, -0.2) is 59.2 Å². The first kappa shape index (κ1) is 23.2. The molecule has 7 nitrogen and oxygen atoms in total. The fraction of sp³-hybridized carbons (Fsp3) is 0.773. The molecule has 1 aliphatic heterocycles. The number of likely N-dealkylation sites (tertiary alicyclic amines) is 1. The summed E-state index contributed by atoms with van der Waals surface area (Å²) >= 11 is 0.